The van der Waals surface area contributed by atoms with Crippen molar-refractivity contribution in [2.24, 2.45) is 0 Å². The van der Waals surface area contributed by atoms with Gasteiger partial charge in [-0.1, -0.05) is 30.9 Å². The first-order valence-electron chi connectivity index (χ1n) is 7.89. The molecule has 0 unspecified atom stereocenters. The number of hydrogen-bond donors (Lipinski definition) is 1. The number of fused-ring (bicyclic) bond motifs is 1. The minimum atomic E-state index is -0.899. The molecule has 2 aliphatic rings. The van der Waals surface area contributed by atoms with Gasteiger partial charge in [-0.2, -0.15) is 0 Å². The van der Waals surface area contributed by atoms with Crippen LogP contribution < -0.4 is 9.47 Å². The van der Waals surface area contributed by atoms with Crippen molar-refractivity contribution in [2.45, 2.75) is 50.9 Å². The van der Waals surface area contributed by atoms with Gasteiger partial charge in [0.15, 0.2) is 11.5 Å². The molecule has 1 heterocycles. The van der Waals surface area contributed by atoms with Gasteiger partial charge < -0.3 is 14.6 Å². The van der Waals surface area contributed by atoms with Crippen LogP contribution in [0.15, 0.2) is 6.07 Å². The van der Waals surface area contributed by atoms with E-state index in [2.05, 4.69) is 0 Å². The second kappa shape index (κ2) is 5.99. The summed E-state index contributed by atoms with van der Waals surface area (Å²) >= 11 is 6.49. The molecule has 0 atom stereocenters. The van der Waals surface area contributed by atoms with Gasteiger partial charge in [-0.05, 0) is 25.3 Å². The SMILES string of the molecule is Cc1c2c(cc(Cl)c1C1(C(=O)O)CCCCC1)OCCCO2. The van der Waals surface area contributed by atoms with Crippen LogP contribution in [0.1, 0.15) is 49.7 Å². The summed E-state index contributed by atoms with van der Waals surface area (Å²) in [5.74, 6) is 0.495. The van der Waals surface area contributed by atoms with Crippen LogP contribution in [0.3, 0.4) is 0 Å². The summed E-state index contributed by atoms with van der Waals surface area (Å²) in [6.07, 6.45) is 4.97. The van der Waals surface area contributed by atoms with Crippen molar-refractivity contribution < 1.29 is 19.4 Å². The number of carboxylic acid groups (broad SMARTS) is 1. The van der Waals surface area contributed by atoms with E-state index >= 15 is 0 Å². The highest BCUT2D eigenvalue weighted by atomic mass is 35.5. The molecule has 1 aliphatic carbocycles. The molecule has 0 amide bonds. The van der Waals surface area contributed by atoms with E-state index in [0.29, 0.717) is 48.1 Å². The third-order valence-electron chi connectivity index (χ3n) is 4.82. The Hall–Kier alpha value is -1.42. The molecule has 1 aliphatic heterocycles. The minimum absolute atomic E-state index is 0.478. The maximum Gasteiger partial charge on any atom is 0.314 e. The number of hydrogen-bond acceptors (Lipinski definition) is 3. The second-order valence-corrected chi connectivity index (χ2v) is 6.59. The highest BCUT2D eigenvalue weighted by molar-refractivity contribution is 6.32. The topological polar surface area (TPSA) is 55.8 Å². The molecule has 1 aromatic carbocycles. The van der Waals surface area contributed by atoms with E-state index in [1.165, 1.54) is 0 Å². The summed E-state index contributed by atoms with van der Waals surface area (Å²) in [6.45, 7) is 3.06. The van der Waals surface area contributed by atoms with Gasteiger partial charge in [0.25, 0.3) is 0 Å². The average Bonchev–Trinajstić information content (AvgIpc) is 2.73. The fraction of sp³-hybridized carbons (Fsp3) is 0.588. The molecule has 0 aromatic heterocycles. The number of benzene rings is 1. The van der Waals surface area contributed by atoms with Crippen LogP contribution in [0.2, 0.25) is 5.02 Å². The molecule has 0 saturated heterocycles. The van der Waals surface area contributed by atoms with Crippen LogP contribution in [0.4, 0.5) is 0 Å². The summed E-state index contributed by atoms with van der Waals surface area (Å²) in [4.78, 5) is 12.1. The Labute approximate surface area is 135 Å². The first-order valence-corrected chi connectivity index (χ1v) is 8.26. The first-order chi connectivity index (χ1) is 10.6. The van der Waals surface area contributed by atoms with Gasteiger partial charge in [-0.15, -0.1) is 0 Å². The van der Waals surface area contributed by atoms with Crippen LogP contribution in [0.25, 0.3) is 0 Å². The van der Waals surface area contributed by atoms with Crippen LogP contribution in [-0.2, 0) is 10.2 Å². The number of aliphatic carboxylic acids is 1. The van der Waals surface area contributed by atoms with E-state index in [1.807, 2.05) is 6.92 Å². The summed E-state index contributed by atoms with van der Waals surface area (Å²) < 4.78 is 11.5. The van der Waals surface area contributed by atoms with Gasteiger partial charge in [-0.25, -0.2) is 0 Å². The minimum Gasteiger partial charge on any atom is -0.489 e. The number of rotatable bonds is 2. The van der Waals surface area contributed by atoms with E-state index in [0.717, 1.165) is 31.2 Å². The molecule has 22 heavy (non-hydrogen) atoms. The number of carboxylic acids is 1. The van der Waals surface area contributed by atoms with Crippen LogP contribution >= 0.6 is 11.6 Å². The van der Waals surface area contributed by atoms with Crippen molar-refractivity contribution in [1.29, 1.82) is 0 Å². The van der Waals surface area contributed by atoms with Gasteiger partial charge in [-0.3, -0.25) is 4.79 Å². The van der Waals surface area contributed by atoms with Gasteiger partial charge in [0.1, 0.15) is 0 Å². The Kier molecular flexibility index (Phi) is 4.22. The summed E-state index contributed by atoms with van der Waals surface area (Å²) in [5.41, 5.74) is 0.628. The lowest BCUT2D eigenvalue weighted by Crippen LogP contribution is -2.39. The highest BCUT2D eigenvalue weighted by Gasteiger charge is 2.44. The smallest absolute Gasteiger partial charge is 0.314 e. The van der Waals surface area contributed by atoms with Crippen LogP contribution in [-0.4, -0.2) is 24.3 Å². The highest BCUT2D eigenvalue weighted by Crippen LogP contribution is 2.49. The Balaban J connectivity index is 2.17. The zero-order valence-corrected chi connectivity index (χ0v) is 13.5. The van der Waals surface area contributed by atoms with Crippen molar-refractivity contribution in [1.82, 2.24) is 0 Å². The average molecular weight is 325 g/mol. The van der Waals surface area contributed by atoms with Gasteiger partial charge in [0.2, 0.25) is 0 Å². The van der Waals surface area contributed by atoms with E-state index in [4.69, 9.17) is 21.1 Å². The Morgan fingerprint density at radius 2 is 1.86 bits per heavy atom. The monoisotopic (exact) mass is 324 g/mol. The maximum atomic E-state index is 12.1. The zero-order chi connectivity index (χ0) is 15.7. The molecule has 1 saturated carbocycles. The molecule has 3 rings (SSSR count). The van der Waals surface area contributed by atoms with Crippen LogP contribution in [0, 0.1) is 6.92 Å². The molecule has 0 bridgehead atoms. The Morgan fingerprint density at radius 3 is 2.55 bits per heavy atom. The fourth-order valence-electron chi connectivity index (χ4n) is 3.75. The molecule has 0 radical (unpaired) electrons. The predicted molar refractivity (Wildman–Crippen MR) is 84.2 cm³/mol. The van der Waals surface area contributed by atoms with Crippen molar-refractivity contribution in [3.05, 3.63) is 22.2 Å². The maximum absolute atomic E-state index is 12.1. The van der Waals surface area contributed by atoms with E-state index in [1.54, 1.807) is 6.07 Å². The summed E-state index contributed by atoms with van der Waals surface area (Å²) in [7, 11) is 0. The number of carbonyl (C=O) groups is 1. The molecular formula is C17H21ClO4. The predicted octanol–water partition coefficient (Wildman–Crippen LogP) is 4.10. The molecule has 4 nitrogen and oxygen atoms in total. The first kappa shape index (κ1) is 15.5. The van der Waals surface area contributed by atoms with E-state index < -0.39 is 11.4 Å². The van der Waals surface area contributed by atoms with Crippen molar-refractivity contribution in [3.8, 4) is 11.5 Å². The van der Waals surface area contributed by atoms with Gasteiger partial charge in [0.05, 0.1) is 18.6 Å². The molecule has 1 aromatic rings. The summed E-state index contributed by atoms with van der Waals surface area (Å²) in [5, 5.41) is 10.4. The molecular weight excluding hydrogens is 304 g/mol. The fourth-order valence-corrected chi connectivity index (χ4v) is 4.17. The normalized spacial score (nSPS) is 20.3. The molecule has 5 heteroatoms. The molecule has 0 spiro atoms. The van der Waals surface area contributed by atoms with Crippen molar-refractivity contribution in [2.75, 3.05) is 13.2 Å². The number of ether oxygens (including phenoxy) is 2. The van der Waals surface area contributed by atoms with E-state index in [-0.39, 0.29) is 0 Å². The lowest BCUT2D eigenvalue weighted by molar-refractivity contribution is -0.145. The Morgan fingerprint density at radius 1 is 1.18 bits per heavy atom. The Bertz CT molecular complexity index is 591. The van der Waals surface area contributed by atoms with Crippen molar-refractivity contribution >= 4 is 17.6 Å². The third kappa shape index (κ3) is 2.43. The third-order valence-corrected chi connectivity index (χ3v) is 5.12. The summed E-state index contributed by atoms with van der Waals surface area (Å²) in [6, 6.07) is 1.73. The second-order valence-electron chi connectivity index (χ2n) is 6.18. The number of halogens is 1. The zero-order valence-electron chi connectivity index (χ0n) is 12.8. The molecule has 1 fully saturated rings. The van der Waals surface area contributed by atoms with Crippen molar-refractivity contribution in [3.63, 3.8) is 0 Å². The van der Waals surface area contributed by atoms with Crippen LogP contribution in [0.5, 0.6) is 11.5 Å². The molecule has 120 valence electrons. The lowest BCUT2D eigenvalue weighted by atomic mass is 9.68. The lowest BCUT2D eigenvalue weighted by Gasteiger charge is -2.36. The standard InChI is InChI=1S/C17H21ClO4/c1-11-14(17(16(19)20)6-3-2-4-7-17)12(18)10-13-15(11)22-9-5-8-21-13/h10H,2-9H2,1H3,(H,19,20). The van der Waals surface area contributed by atoms with Gasteiger partial charge in [0, 0.05) is 23.1 Å². The largest absolute Gasteiger partial charge is 0.489 e. The molecule has 1 N–H and O–H groups in total. The van der Waals surface area contributed by atoms with E-state index in [9.17, 15) is 9.90 Å². The van der Waals surface area contributed by atoms with Gasteiger partial charge >= 0.3 is 5.97 Å². The quantitative estimate of drug-likeness (QED) is 0.890.